The zero-order valence-corrected chi connectivity index (χ0v) is 11.6. The van der Waals surface area contributed by atoms with E-state index in [1.54, 1.807) is 0 Å². The molecule has 0 radical (unpaired) electrons. The molecule has 0 saturated carbocycles. The van der Waals surface area contributed by atoms with Gasteiger partial charge in [-0.05, 0) is 12.8 Å². The Morgan fingerprint density at radius 3 is 1.56 bits per heavy atom. The molecule has 1 saturated heterocycles. The lowest BCUT2D eigenvalue weighted by atomic mass is 10.0. The zero-order valence-electron chi connectivity index (χ0n) is 11.6. The van der Waals surface area contributed by atoms with E-state index < -0.39 is 0 Å². The van der Waals surface area contributed by atoms with Crippen LogP contribution in [0.1, 0.15) is 39.5 Å². The van der Waals surface area contributed by atoms with E-state index in [2.05, 4.69) is 35.8 Å². The molecule has 0 aromatic rings. The second-order valence-electron chi connectivity index (χ2n) is 4.93. The number of rotatable bonds is 6. The van der Waals surface area contributed by atoms with Crippen molar-refractivity contribution in [3.05, 3.63) is 0 Å². The summed E-state index contributed by atoms with van der Waals surface area (Å²) < 4.78 is 0. The molecule has 1 aliphatic heterocycles. The second-order valence-corrected chi connectivity index (χ2v) is 4.93. The van der Waals surface area contributed by atoms with E-state index in [1.165, 1.54) is 0 Å². The molecule has 1 aliphatic rings. The van der Waals surface area contributed by atoms with Crippen LogP contribution in [0.15, 0.2) is 0 Å². The Kier molecular flexibility index (Phi) is 6.72. The molecule has 0 amide bonds. The van der Waals surface area contributed by atoms with Gasteiger partial charge in [0.15, 0.2) is 0 Å². The quantitative estimate of drug-likeness (QED) is 0.721. The molecule has 4 heteroatoms. The molecule has 0 spiro atoms. The van der Waals surface area contributed by atoms with Crippen molar-refractivity contribution in [2.45, 2.75) is 51.6 Å². The first-order valence-corrected chi connectivity index (χ1v) is 6.98. The molecule has 1 fully saturated rings. The van der Waals surface area contributed by atoms with Crippen LogP contribution in [0, 0.1) is 22.7 Å². The van der Waals surface area contributed by atoms with Crippen molar-refractivity contribution in [1.82, 2.24) is 9.80 Å². The summed E-state index contributed by atoms with van der Waals surface area (Å²) in [5.41, 5.74) is 0. The van der Waals surface area contributed by atoms with E-state index in [9.17, 15) is 0 Å². The van der Waals surface area contributed by atoms with Crippen molar-refractivity contribution in [2.24, 2.45) is 0 Å². The van der Waals surface area contributed by atoms with E-state index in [4.69, 9.17) is 10.5 Å². The normalized spacial score (nSPS) is 25.6. The lowest BCUT2D eigenvalue weighted by Gasteiger charge is -2.46. The third-order valence-corrected chi connectivity index (χ3v) is 3.89. The lowest BCUT2D eigenvalue weighted by Crippen LogP contribution is -2.58. The summed E-state index contributed by atoms with van der Waals surface area (Å²) in [6, 6.07) is 5.56. The van der Waals surface area contributed by atoms with Gasteiger partial charge in [-0.1, -0.05) is 13.8 Å². The first-order chi connectivity index (χ1) is 8.76. The Labute approximate surface area is 111 Å². The third kappa shape index (κ3) is 3.98. The summed E-state index contributed by atoms with van der Waals surface area (Å²) >= 11 is 0. The Morgan fingerprint density at radius 1 is 0.889 bits per heavy atom. The van der Waals surface area contributed by atoms with Gasteiger partial charge < -0.3 is 0 Å². The molecule has 0 N–H and O–H groups in total. The highest BCUT2D eigenvalue weighted by molar-refractivity contribution is 4.90. The van der Waals surface area contributed by atoms with Crippen molar-refractivity contribution in [3.8, 4) is 12.1 Å². The van der Waals surface area contributed by atoms with Gasteiger partial charge in [0.05, 0.1) is 12.1 Å². The standard InChI is InChI=1S/C14H24N4/c1-3-13-11-18(10-6-8-16)14(4-2)12-17(13)9-5-7-15/h13-14H,3-6,9-12H2,1-2H3. The average Bonchev–Trinajstić information content (AvgIpc) is 2.42. The van der Waals surface area contributed by atoms with Crippen LogP contribution in [0.3, 0.4) is 0 Å². The van der Waals surface area contributed by atoms with Gasteiger partial charge in [-0.15, -0.1) is 0 Å². The summed E-state index contributed by atoms with van der Waals surface area (Å²) in [7, 11) is 0. The minimum atomic E-state index is 0.542. The van der Waals surface area contributed by atoms with Crippen molar-refractivity contribution in [2.75, 3.05) is 26.2 Å². The van der Waals surface area contributed by atoms with Crippen LogP contribution in [0.2, 0.25) is 0 Å². The van der Waals surface area contributed by atoms with Gasteiger partial charge in [-0.2, -0.15) is 10.5 Å². The van der Waals surface area contributed by atoms with E-state index in [0.29, 0.717) is 24.9 Å². The predicted molar refractivity (Wildman–Crippen MR) is 71.8 cm³/mol. The minimum absolute atomic E-state index is 0.542. The van der Waals surface area contributed by atoms with E-state index in [0.717, 1.165) is 39.0 Å². The lowest BCUT2D eigenvalue weighted by molar-refractivity contribution is 0.0273. The van der Waals surface area contributed by atoms with Crippen LogP contribution < -0.4 is 0 Å². The van der Waals surface area contributed by atoms with E-state index in [1.807, 2.05) is 0 Å². The topological polar surface area (TPSA) is 54.1 Å². The fourth-order valence-corrected chi connectivity index (χ4v) is 2.78. The highest BCUT2D eigenvalue weighted by Gasteiger charge is 2.31. The molecule has 0 bridgehead atoms. The van der Waals surface area contributed by atoms with Crippen LogP contribution >= 0.6 is 0 Å². The summed E-state index contributed by atoms with van der Waals surface area (Å²) in [4.78, 5) is 4.92. The average molecular weight is 248 g/mol. The van der Waals surface area contributed by atoms with Crippen molar-refractivity contribution in [1.29, 1.82) is 10.5 Å². The summed E-state index contributed by atoms with van der Waals surface area (Å²) in [6.07, 6.45) is 3.46. The SMILES string of the molecule is CCC1CN(CCC#N)C(CC)CN1CCC#N. The van der Waals surface area contributed by atoms with Gasteiger partial charge in [-0.25, -0.2) is 0 Å². The van der Waals surface area contributed by atoms with Crippen LogP contribution in [-0.2, 0) is 0 Å². The van der Waals surface area contributed by atoms with E-state index in [-0.39, 0.29) is 0 Å². The smallest absolute Gasteiger partial charge is 0.0635 e. The third-order valence-electron chi connectivity index (χ3n) is 3.89. The summed E-state index contributed by atoms with van der Waals surface area (Å²) in [5.74, 6) is 0. The molecule has 1 heterocycles. The molecule has 0 aromatic carbocycles. The first kappa shape index (κ1) is 15.0. The number of nitrogens with zero attached hydrogens (tertiary/aromatic N) is 4. The van der Waals surface area contributed by atoms with Crippen LogP contribution in [0.5, 0.6) is 0 Å². The van der Waals surface area contributed by atoms with Crippen molar-refractivity contribution >= 4 is 0 Å². The molecular weight excluding hydrogens is 224 g/mol. The predicted octanol–water partition coefficient (Wildman–Crippen LogP) is 1.99. The van der Waals surface area contributed by atoms with Gasteiger partial charge in [0, 0.05) is 51.1 Å². The molecule has 4 nitrogen and oxygen atoms in total. The van der Waals surface area contributed by atoms with Gasteiger partial charge >= 0.3 is 0 Å². The van der Waals surface area contributed by atoms with Gasteiger partial charge in [0.2, 0.25) is 0 Å². The Balaban J connectivity index is 2.61. The van der Waals surface area contributed by atoms with Crippen LogP contribution in [0.25, 0.3) is 0 Å². The second kappa shape index (κ2) is 8.08. The molecule has 2 unspecified atom stereocenters. The van der Waals surface area contributed by atoms with Crippen LogP contribution in [-0.4, -0.2) is 48.1 Å². The number of piperazine rings is 1. The molecule has 1 rings (SSSR count). The van der Waals surface area contributed by atoms with Crippen molar-refractivity contribution in [3.63, 3.8) is 0 Å². The van der Waals surface area contributed by atoms with E-state index >= 15 is 0 Å². The Morgan fingerprint density at radius 2 is 1.28 bits per heavy atom. The Bertz CT molecular complexity index is 283. The molecule has 100 valence electrons. The maximum absolute atomic E-state index is 8.72. The highest BCUT2D eigenvalue weighted by atomic mass is 15.3. The monoisotopic (exact) mass is 248 g/mol. The first-order valence-electron chi connectivity index (χ1n) is 6.98. The number of hydrogen-bond acceptors (Lipinski definition) is 4. The number of nitriles is 2. The molecule has 0 aliphatic carbocycles. The van der Waals surface area contributed by atoms with Gasteiger partial charge in [-0.3, -0.25) is 9.80 Å². The summed E-state index contributed by atoms with van der Waals surface area (Å²) in [5, 5.41) is 17.4. The molecular formula is C14H24N4. The minimum Gasteiger partial charge on any atom is -0.297 e. The zero-order chi connectivity index (χ0) is 13.4. The van der Waals surface area contributed by atoms with Crippen LogP contribution in [0.4, 0.5) is 0 Å². The van der Waals surface area contributed by atoms with Crippen molar-refractivity contribution < 1.29 is 0 Å². The number of hydrogen-bond donors (Lipinski definition) is 0. The largest absolute Gasteiger partial charge is 0.297 e. The highest BCUT2D eigenvalue weighted by Crippen LogP contribution is 2.20. The fraction of sp³-hybridized carbons (Fsp3) is 0.857. The van der Waals surface area contributed by atoms with Gasteiger partial charge in [0.25, 0.3) is 0 Å². The Hall–Kier alpha value is -1.10. The maximum Gasteiger partial charge on any atom is 0.0635 e. The molecule has 0 aromatic heterocycles. The fourth-order valence-electron chi connectivity index (χ4n) is 2.78. The molecule has 18 heavy (non-hydrogen) atoms. The van der Waals surface area contributed by atoms with Gasteiger partial charge in [0.1, 0.15) is 0 Å². The summed E-state index contributed by atoms with van der Waals surface area (Å²) in [6.45, 7) is 8.27. The maximum atomic E-state index is 8.72. The molecule has 2 atom stereocenters.